The molecule has 0 aromatic heterocycles. The zero-order valence-electron chi connectivity index (χ0n) is 18.5. The second-order valence-corrected chi connectivity index (χ2v) is 8.60. The molecule has 0 unspecified atom stereocenters. The van der Waals surface area contributed by atoms with Crippen LogP contribution in [0.3, 0.4) is 0 Å². The van der Waals surface area contributed by atoms with Crippen molar-refractivity contribution in [3.63, 3.8) is 0 Å². The van der Waals surface area contributed by atoms with E-state index in [-0.39, 0.29) is 11.1 Å². The van der Waals surface area contributed by atoms with E-state index in [2.05, 4.69) is 50.2 Å². The van der Waals surface area contributed by atoms with E-state index in [0.717, 1.165) is 17.5 Å². The Bertz CT molecular complexity index is 1050. The molecule has 30 heavy (non-hydrogen) atoms. The molecule has 2 aromatic carbocycles. The molecule has 5 nitrogen and oxygen atoms in total. The molecule has 0 radical (unpaired) electrons. The van der Waals surface area contributed by atoms with Crippen molar-refractivity contribution in [1.29, 1.82) is 5.26 Å². The molecule has 156 valence electrons. The minimum absolute atomic E-state index is 0.0676. The van der Waals surface area contributed by atoms with Gasteiger partial charge in [0.15, 0.2) is 0 Å². The fraction of sp³-hybridized carbons (Fsp3) is 0.360. The van der Waals surface area contributed by atoms with Crippen molar-refractivity contribution in [3.8, 4) is 11.8 Å². The number of benzene rings is 2. The lowest BCUT2D eigenvalue weighted by Crippen LogP contribution is -2.45. The third kappa shape index (κ3) is 4.18. The van der Waals surface area contributed by atoms with Crippen LogP contribution in [0, 0.1) is 18.3 Å². The number of aryl methyl sites for hydroxylation is 1. The number of ether oxygens (including phenoxy) is 1. The maximum absolute atomic E-state index is 12.7. The summed E-state index contributed by atoms with van der Waals surface area (Å²) < 4.78 is 5.19. The summed E-state index contributed by atoms with van der Waals surface area (Å²) in [5.74, 6) is 0.603. The van der Waals surface area contributed by atoms with Gasteiger partial charge in [-0.25, -0.2) is 0 Å². The van der Waals surface area contributed by atoms with Gasteiger partial charge >= 0.3 is 0 Å². The second-order valence-electron chi connectivity index (χ2n) is 8.60. The molecule has 1 heterocycles. The summed E-state index contributed by atoms with van der Waals surface area (Å²) in [6, 6.07) is 13.4. The van der Waals surface area contributed by atoms with Crippen molar-refractivity contribution >= 4 is 23.4 Å². The fourth-order valence-electron chi connectivity index (χ4n) is 4.09. The van der Waals surface area contributed by atoms with Gasteiger partial charge in [0, 0.05) is 30.0 Å². The van der Waals surface area contributed by atoms with Gasteiger partial charge < -0.3 is 15.0 Å². The summed E-state index contributed by atoms with van der Waals surface area (Å²) in [6.07, 6.45) is 2.72. The van der Waals surface area contributed by atoms with Crippen LogP contribution in [0.2, 0.25) is 0 Å². The number of fused-ring (bicyclic) bond motifs is 1. The maximum atomic E-state index is 12.7. The van der Waals surface area contributed by atoms with Crippen LogP contribution in [0.15, 0.2) is 42.0 Å². The Labute approximate surface area is 179 Å². The smallest absolute Gasteiger partial charge is 0.266 e. The van der Waals surface area contributed by atoms with E-state index < -0.39 is 5.91 Å². The first kappa shape index (κ1) is 21.4. The van der Waals surface area contributed by atoms with Crippen molar-refractivity contribution in [1.82, 2.24) is 0 Å². The molecule has 0 aliphatic carbocycles. The van der Waals surface area contributed by atoms with Crippen LogP contribution in [0.4, 0.5) is 11.4 Å². The number of methoxy groups -OCH3 is 1. The van der Waals surface area contributed by atoms with Gasteiger partial charge in [-0.2, -0.15) is 5.26 Å². The summed E-state index contributed by atoms with van der Waals surface area (Å²) in [7, 11) is 3.70. The number of nitrogens with zero attached hydrogens (tertiary/aromatic N) is 2. The number of nitrogens with one attached hydrogen (secondary N) is 1. The minimum atomic E-state index is -0.436. The zero-order chi connectivity index (χ0) is 22.1. The van der Waals surface area contributed by atoms with Crippen LogP contribution in [0.1, 0.15) is 49.8 Å². The van der Waals surface area contributed by atoms with Gasteiger partial charge in [0.1, 0.15) is 17.4 Å². The van der Waals surface area contributed by atoms with Gasteiger partial charge in [-0.3, -0.25) is 4.79 Å². The summed E-state index contributed by atoms with van der Waals surface area (Å²) in [5, 5.41) is 12.4. The normalized spacial score (nSPS) is 17.7. The van der Waals surface area contributed by atoms with Crippen LogP contribution >= 0.6 is 0 Å². The SMILES string of the molecule is COc1cccc(NC(=O)/C(C#N)=C\c2cc3c(cc2C)N(C)C(C)(C)C[C@H]3C)c1. The Morgan fingerprint density at radius 2 is 2.07 bits per heavy atom. The van der Waals surface area contributed by atoms with E-state index in [1.165, 1.54) is 11.3 Å². The van der Waals surface area contributed by atoms with Crippen molar-refractivity contribution in [2.45, 2.75) is 45.6 Å². The molecule has 0 saturated carbocycles. The van der Waals surface area contributed by atoms with Crippen LogP contribution in [0.5, 0.6) is 5.75 Å². The van der Waals surface area contributed by atoms with Crippen molar-refractivity contribution < 1.29 is 9.53 Å². The van der Waals surface area contributed by atoms with Crippen LogP contribution in [-0.2, 0) is 4.79 Å². The van der Waals surface area contributed by atoms with E-state index in [1.54, 1.807) is 37.5 Å². The lowest BCUT2D eigenvalue weighted by Gasteiger charge is -2.45. The molecule has 5 heteroatoms. The highest BCUT2D eigenvalue weighted by Crippen LogP contribution is 2.43. The van der Waals surface area contributed by atoms with Gasteiger partial charge in [0.2, 0.25) is 0 Å². The van der Waals surface area contributed by atoms with Crippen molar-refractivity contribution in [2.24, 2.45) is 0 Å². The highest BCUT2D eigenvalue weighted by Gasteiger charge is 2.34. The number of carbonyl (C=O) groups excluding carboxylic acids is 1. The number of hydrogen-bond donors (Lipinski definition) is 1. The maximum Gasteiger partial charge on any atom is 0.266 e. The molecule has 1 aliphatic heterocycles. The van der Waals surface area contributed by atoms with Gasteiger partial charge in [-0.15, -0.1) is 0 Å². The van der Waals surface area contributed by atoms with Crippen LogP contribution in [-0.4, -0.2) is 25.6 Å². The molecule has 0 spiro atoms. The molecule has 0 bridgehead atoms. The summed E-state index contributed by atoms with van der Waals surface area (Å²) in [5.41, 5.74) is 5.13. The van der Waals surface area contributed by atoms with Crippen molar-refractivity contribution in [3.05, 3.63) is 58.7 Å². The third-order valence-corrected chi connectivity index (χ3v) is 6.01. The molecule has 2 aromatic rings. The number of carbonyl (C=O) groups is 1. The Morgan fingerprint density at radius 3 is 2.73 bits per heavy atom. The number of rotatable bonds is 4. The largest absolute Gasteiger partial charge is 0.497 e. The van der Waals surface area contributed by atoms with E-state index in [4.69, 9.17) is 4.74 Å². The van der Waals surface area contributed by atoms with E-state index in [0.29, 0.717) is 17.4 Å². The standard InChI is InChI=1S/C25H29N3O2/c1-16-10-23-22(17(2)14-25(3,4)28(23)5)12-18(16)11-19(15-26)24(29)27-20-8-7-9-21(13-20)30-6/h7-13,17H,14H2,1-6H3,(H,27,29)/b19-11-/t17-/m1/s1. The minimum Gasteiger partial charge on any atom is -0.497 e. The average molecular weight is 404 g/mol. The summed E-state index contributed by atoms with van der Waals surface area (Å²) in [4.78, 5) is 15.0. The fourth-order valence-corrected chi connectivity index (χ4v) is 4.09. The summed E-state index contributed by atoms with van der Waals surface area (Å²) >= 11 is 0. The number of nitriles is 1. The molecule has 1 N–H and O–H groups in total. The molecule has 1 amide bonds. The highest BCUT2D eigenvalue weighted by molar-refractivity contribution is 6.09. The molecular weight excluding hydrogens is 374 g/mol. The Balaban J connectivity index is 1.93. The molecule has 1 atom stereocenters. The predicted molar refractivity (Wildman–Crippen MR) is 122 cm³/mol. The molecular formula is C25H29N3O2. The zero-order valence-corrected chi connectivity index (χ0v) is 18.5. The molecule has 3 rings (SSSR count). The predicted octanol–water partition coefficient (Wildman–Crippen LogP) is 5.27. The molecule has 0 fully saturated rings. The van der Waals surface area contributed by atoms with E-state index in [1.807, 2.05) is 13.0 Å². The molecule has 0 saturated heterocycles. The summed E-state index contributed by atoms with van der Waals surface area (Å²) in [6.45, 7) is 8.76. The van der Waals surface area contributed by atoms with Crippen molar-refractivity contribution in [2.75, 3.05) is 24.4 Å². The Kier molecular flexibility index (Phi) is 5.89. The van der Waals surface area contributed by atoms with Gasteiger partial charge in [-0.05, 0) is 80.1 Å². The Morgan fingerprint density at radius 1 is 1.33 bits per heavy atom. The van der Waals surface area contributed by atoms with Gasteiger partial charge in [0.25, 0.3) is 5.91 Å². The topological polar surface area (TPSA) is 65.4 Å². The van der Waals surface area contributed by atoms with Gasteiger partial charge in [0.05, 0.1) is 7.11 Å². The highest BCUT2D eigenvalue weighted by atomic mass is 16.5. The number of amides is 1. The first-order valence-corrected chi connectivity index (χ1v) is 10.1. The van der Waals surface area contributed by atoms with Crippen LogP contribution in [0.25, 0.3) is 6.08 Å². The first-order valence-electron chi connectivity index (χ1n) is 10.1. The Hall–Kier alpha value is -3.26. The average Bonchev–Trinajstić information content (AvgIpc) is 2.70. The van der Waals surface area contributed by atoms with Crippen LogP contribution < -0.4 is 15.0 Å². The first-order chi connectivity index (χ1) is 14.2. The lowest BCUT2D eigenvalue weighted by molar-refractivity contribution is -0.112. The van der Waals surface area contributed by atoms with E-state index >= 15 is 0 Å². The second kappa shape index (κ2) is 8.23. The van der Waals surface area contributed by atoms with Gasteiger partial charge in [-0.1, -0.05) is 13.0 Å². The third-order valence-electron chi connectivity index (χ3n) is 6.01. The quantitative estimate of drug-likeness (QED) is 0.558. The number of hydrogen-bond acceptors (Lipinski definition) is 4. The monoisotopic (exact) mass is 403 g/mol. The lowest BCUT2D eigenvalue weighted by atomic mass is 9.79. The molecule has 1 aliphatic rings. The number of anilines is 2. The van der Waals surface area contributed by atoms with E-state index in [9.17, 15) is 10.1 Å².